The molecule has 1 aliphatic carbocycles. The number of hydrogen-bond donors (Lipinski definition) is 2. The molecule has 2 aliphatic rings. The number of aromatic nitrogens is 4. The SMILES string of the molecule is NCCNC(c1ccc2c(c1)OCO2)c1nnnn1C1CCCCC1. The van der Waals surface area contributed by atoms with Crippen molar-refractivity contribution < 1.29 is 9.47 Å². The Hall–Kier alpha value is -2.19. The van der Waals surface area contributed by atoms with Gasteiger partial charge in [0.2, 0.25) is 6.79 Å². The van der Waals surface area contributed by atoms with Crippen LogP contribution in [-0.2, 0) is 0 Å². The summed E-state index contributed by atoms with van der Waals surface area (Å²) in [6, 6.07) is 6.20. The highest BCUT2D eigenvalue weighted by Crippen LogP contribution is 2.36. The highest BCUT2D eigenvalue weighted by molar-refractivity contribution is 5.46. The molecule has 2 aromatic rings. The quantitative estimate of drug-likeness (QED) is 0.820. The maximum Gasteiger partial charge on any atom is 0.231 e. The second kappa shape index (κ2) is 7.37. The summed E-state index contributed by atoms with van der Waals surface area (Å²) in [6.45, 7) is 1.49. The minimum absolute atomic E-state index is 0.130. The van der Waals surface area contributed by atoms with Gasteiger partial charge >= 0.3 is 0 Å². The van der Waals surface area contributed by atoms with E-state index in [0.717, 1.165) is 35.7 Å². The minimum atomic E-state index is -0.130. The predicted molar refractivity (Wildman–Crippen MR) is 91.4 cm³/mol. The third kappa shape index (κ3) is 3.32. The van der Waals surface area contributed by atoms with Crippen molar-refractivity contribution in [3.8, 4) is 11.5 Å². The summed E-state index contributed by atoms with van der Waals surface area (Å²) in [5, 5.41) is 16.1. The largest absolute Gasteiger partial charge is 0.454 e. The Morgan fingerprint density at radius 2 is 2.04 bits per heavy atom. The van der Waals surface area contributed by atoms with E-state index in [-0.39, 0.29) is 12.8 Å². The van der Waals surface area contributed by atoms with E-state index < -0.39 is 0 Å². The van der Waals surface area contributed by atoms with Gasteiger partial charge in [-0.05, 0) is 41.0 Å². The zero-order chi connectivity index (χ0) is 17.1. The van der Waals surface area contributed by atoms with E-state index in [1.54, 1.807) is 0 Å². The van der Waals surface area contributed by atoms with E-state index in [9.17, 15) is 0 Å². The van der Waals surface area contributed by atoms with Crippen LogP contribution >= 0.6 is 0 Å². The number of nitrogens with zero attached hydrogens (tertiary/aromatic N) is 4. The van der Waals surface area contributed by atoms with Crippen molar-refractivity contribution >= 4 is 0 Å². The summed E-state index contributed by atoms with van der Waals surface area (Å²) in [7, 11) is 0. The molecule has 1 fully saturated rings. The number of nitrogens with two attached hydrogens (primary N) is 1. The zero-order valence-corrected chi connectivity index (χ0v) is 14.2. The van der Waals surface area contributed by atoms with Crippen LogP contribution in [0, 0.1) is 0 Å². The molecular weight excluding hydrogens is 320 g/mol. The van der Waals surface area contributed by atoms with Gasteiger partial charge in [-0.25, -0.2) is 4.68 Å². The Balaban J connectivity index is 1.66. The fraction of sp³-hybridized carbons (Fsp3) is 0.588. The molecule has 0 saturated heterocycles. The maximum atomic E-state index is 5.71. The van der Waals surface area contributed by atoms with E-state index in [2.05, 4.69) is 20.8 Å². The van der Waals surface area contributed by atoms with Crippen molar-refractivity contribution in [3.05, 3.63) is 29.6 Å². The number of hydrogen-bond acceptors (Lipinski definition) is 7. The van der Waals surface area contributed by atoms with Crippen LogP contribution < -0.4 is 20.5 Å². The fourth-order valence-corrected chi connectivity index (χ4v) is 3.65. The molecule has 0 spiro atoms. The molecule has 2 heterocycles. The van der Waals surface area contributed by atoms with Gasteiger partial charge in [0.15, 0.2) is 17.3 Å². The summed E-state index contributed by atoms with van der Waals surface area (Å²) < 4.78 is 12.9. The Kier molecular flexibility index (Phi) is 4.80. The average Bonchev–Trinajstić information content (AvgIpc) is 3.32. The lowest BCUT2D eigenvalue weighted by Crippen LogP contribution is -2.31. The molecule has 25 heavy (non-hydrogen) atoms. The summed E-state index contributed by atoms with van der Waals surface area (Å²) >= 11 is 0. The fourth-order valence-electron chi connectivity index (χ4n) is 3.65. The molecule has 0 bridgehead atoms. The topological polar surface area (TPSA) is 100 Å². The number of tetrazole rings is 1. The van der Waals surface area contributed by atoms with Gasteiger partial charge in [0.25, 0.3) is 0 Å². The molecule has 1 aromatic carbocycles. The molecule has 0 radical (unpaired) electrons. The van der Waals surface area contributed by atoms with Gasteiger partial charge in [0.05, 0.1) is 12.1 Å². The molecule has 0 amide bonds. The van der Waals surface area contributed by atoms with Gasteiger partial charge in [-0.1, -0.05) is 25.3 Å². The lowest BCUT2D eigenvalue weighted by molar-refractivity contribution is 0.174. The number of nitrogens with one attached hydrogen (secondary N) is 1. The average molecular weight is 344 g/mol. The molecular formula is C17H24N6O2. The van der Waals surface area contributed by atoms with Crippen molar-refractivity contribution in [2.75, 3.05) is 19.9 Å². The molecule has 4 rings (SSSR count). The van der Waals surface area contributed by atoms with E-state index in [0.29, 0.717) is 19.1 Å². The van der Waals surface area contributed by atoms with Gasteiger partial charge in [-0.3, -0.25) is 0 Å². The molecule has 134 valence electrons. The second-order valence-electron chi connectivity index (χ2n) is 6.56. The molecule has 1 atom stereocenters. The summed E-state index contributed by atoms with van der Waals surface area (Å²) in [5.74, 6) is 2.36. The van der Waals surface area contributed by atoms with Crippen LogP contribution in [0.15, 0.2) is 18.2 Å². The van der Waals surface area contributed by atoms with Gasteiger partial charge in [-0.2, -0.15) is 0 Å². The van der Waals surface area contributed by atoms with Gasteiger partial charge in [0, 0.05) is 13.1 Å². The third-order valence-electron chi connectivity index (χ3n) is 4.92. The Bertz CT molecular complexity index is 713. The molecule has 1 unspecified atom stereocenters. The molecule has 3 N–H and O–H groups in total. The Morgan fingerprint density at radius 3 is 2.88 bits per heavy atom. The Labute approximate surface area is 146 Å². The van der Waals surface area contributed by atoms with E-state index in [1.807, 2.05) is 22.9 Å². The summed E-state index contributed by atoms with van der Waals surface area (Å²) in [5.41, 5.74) is 6.76. The second-order valence-corrected chi connectivity index (χ2v) is 6.56. The molecule has 8 nitrogen and oxygen atoms in total. The van der Waals surface area contributed by atoms with Crippen molar-refractivity contribution in [2.24, 2.45) is 5.73 Å². The zero-order valence-electron chi connectivity index (χ0n) is 14.2. The monoisotopic (exact) mass is 344 g/mol. The van der Waals surface area contributed by atoms with Crippen molar-refractivity contribution in [1.82, 2.24) is 25.5 Å². The lowest BCUT2D eigenvalue weighted by Gasteiger charge is -2.25. The van der Waals surface area contributed by atoms with Crippen LogP contribution in [0.1, 0.15) is 55.6 Å². The van der Waals surface area contributed by atoms with E-state index in [1.165, 1.54) is 19.3 Å². The van der Waals surface area contributed by atoms with Crippen LogP contribution in [0.25, 0.3) is 0 Å². The van der Waals surface area contributed by atoms with Crippen molar-refractivity contribution in [1.29, 1.82) is 0 Å². The van der Waals surface area contributed by atoms with Crippen LogP contribution in [-0.4, -0.2) is 40.1 Å². The van der Waals surface area contributed by atoms with Crippen LogP contribution in [0.2, 0.25) is 0 Å². The summed E-state index contributed by atoms with van der Waals surface area (Å²) in [6.07, 6.45) is 6.01. The number of benzene rings is 1. The van der Waals surface area contributed by atoms with Crippen LogP contribution in [0.4, 0.5) is 0 Å². The lowest BCUT2D eigenvalue weighted by atomic mass is 9.95. The molecule has 1 aliphatic heterocycles. The first-order valence-electron chi connectivity index (χ1n) is 8.97. The van der Waals surface area contributed by atoms with Gasteiger partial charge < -0.3 is 20.5 Å². The van der Waals surface area contributed by atoms with Crippen LogP contribution in [0.3, 0.4) is 0 Å². The number of ether oxygens (including phenoxy) is 2. The molecule has 1 saturated carbocycles. The predicted octanol–water partition coefficient (Wildman–Crippen LogP) is 1.54. The third-order valence-corrected chi connectivity index (χ3v) is 4.92. The first kappa shape index (κ1) is 16.3. The highest BCUT2D eigenvalue weighted by Gasteiger charge is 2.27. The van der Waals surface area contributed by atoms with Crippen molar-refractivity contribution in [2.45, 2.75) is 44.2 Å². The first-order chi connectivity index (χ1) is 12.4. The molecule has 8 heteroatoms. The normalized spacial score (nSPS) is 18.4. The maximum absolute atomic E-state index is 5.71. The van der Waals surface area contributed by atoms with Crippen molar-refractivity contribution in [3.63, 3.8) is 0 Å². The van der Waals surface area contributed by atoms with Crippen LogP contribution in [0.5, 0.6) is 11.5 Å². The van der Waals surface area contributed by atoms with E-state index in [4.69, 9.17) is 15.2 Å². The van der Waals surface area contributed by atoms with Gasteiger partial charge in [0.1, 0.15) is 0 Å². The number of fused-ring (bicyclic) bond motifs is 1. The highest BCUT2D eigenvalue weighted by atomic mass is 16.7. The number of rotatable bonds is 6. The smallest absolute Gasteiger partial charge is 0.231 e. The molecule has 1 aromatic heterocycles. The first-order valence-corrected chi connectivity index (χ1v) is 8.97. The Morgan fingerprint density at radius 1 is 1.20 bits per heavy atom. The standard InChI is InChI=1S/C17H24N6O2/c18-8-9-19-16(12-6-7-14-15(10-12)25-11-24-14)17-20-21-22-23(17)13-4-2-1-3-5-13/h6-7,10,13,16,19H,1-5,8-9,11,18H2. The minimum Gasteiger partial charge on any atom is -0.454 e. The van der Waals surface area contributed by atoms with E-state index >= 15 is 0 Å². The summed E-state index contributed by atoms with van der Waals surface area (Å²) in [4.78, 5) is 0. The van der Waals surface area contributed by atoms with Gasteiger partial charge in [-0.15, -0.1) is 5.10 Å².